The third-order valence-electron chi connectivity index (χ3n) is 5.58. The molecule has 1 atom stereocenters. The summed E-state index contributed by atoms with van der Waals surface area (Å²) in [6.45, 7) is 1.41. The number of benzene rings is 2. The molecule has 0 unspecified atom stereocenters. The second kappa shape index (κ2) is 8.48. The Morgan fingerprint density at radius 2 is 1.56 bits per heavy atom. The van der Waals surface area contributed by atoms with Crippen molar-refractivity contribution in [1.29, 1.82) is 0 Å². The van der Waals surface area contributed by atoms with Crippen LogP contribution >= 0.6 is 0 Å². The van der Waals surface area contributed by atoms with Gasteiger partial charge in [0.05, 0.1) is 11.1 Å². The van der Waals surface area contributed by atoms with Crippen LogP contribution in [0.15, 0.2) is 66.9 Å². The van der Waals surface area contributed by atoms with Crippen molar-refractivity contribution in [2.45, 2.75) is 19.3 Å². The smallest absolute Gasteiger partial charge is 0.405 e. The second-order valence-electron chi connectivity index (χ2n) is 7.89. The van der Waals surface area contributed by atoms with E-state index in [0.717, 1.165) is 4.90 Å². The van der Waals surface area contributed by atoms with Gasteiger partial charge in [0.2, 0.25) is 11.9 Å². The molecule has 1 aliphatic heterocycles. The van der Waals surface area contributed by atoms with E-state index >= 15 is 0 Å². The largest absolute Gasteiger partial charge is 0.573 e. The number of para-hydroxylation sites is 1. The van der Waals surface area contributed by atoms with E-state index in [4.69, 9.17) is 0 Å². The molecule has 2 aromatic heterocycles. The molecule has 4 aromatic rings. The highest BCUT2D eigenvalue weighted by Crippen LogP contribution is 2.33. The second-order valence-corrected chi connectivity index (χ2v) is 7.89. The average molecular weight is 495 g/mol. The molecule has 0 saturated heterocycles. The fourth-order valence-electron chi connectivity index (χ4n) is 3.91. The number of amides is 3. The molecule has 0 aliphatic carbocycles. The first-order chi connectivity index (χ1) is 17.1. The van der Waals surface area contributed by atoms with E-state index in [0.29, 0.717) is 11.2 Å². The fraction of sp³-hybridized carbons (Fsp3) is 0.125. The molecule has 36 heavy (non-hydrogen) atoms. The molecule has 3 heterocycles. The fourth-order valence-corrected chi connectivity index (χ4v) is 3.91. The molecule has 0 saturated carbocycles. The lowest BCUT2D eigenvalue weighted by atomic mass is 10.1. The van der Waals surface area contributed by atoms with Crippen LogP contribution in [0.1, 0.15) is 27.6 Å². The molecule has 3 amide bonds. The number of fused-ring (bicyclic) bond motifs is 2. The van der Waals surface area contributed by atoms with E-state index in [1.54, 1.807) is 18.2 Å². The number of carbonyl (C=O) groups is 3. The van der Waals surface area contributed by atoms with Crippen molar-refractivity contribution in [1.82, 2.24) is 19.5 Å². The number of carbonyl (C=O) groups excluding carboxylic acids is 3. The summed E-state index contributed by atoms with van der Waals surface area (Å²) in [6.07, 6.45) is -3.43. The molecule has 12 heteroatoms. The number of rotatable bonds is 5. The highest BCUT2D eigenvalue weighted by atomic mass is 19.4. The average Bonchev–Trinajstić information content (AvgIpc) is 3.35. The maximum Gasteiger partial charge on any atom is 0.573 e. The zero-order chi connectivity index (χ0) is 25.6. The molecule has 0 spiro atoms. The van der Waals surface area contributed by atoms with Gasteiger partial charge in [0.25, 0.3) is 11.8 Å². The molecule has 0 bridgehead atoms. The van der Waals surface area contributed by atoms with Crippen LogP contribution < -0.4 is 10.1 Å². The van der Waals surface area contributed by atoms with E-state index < -0.39 is 30.1 Å². The first-order valence-electron chi connectivity index (χ1n) is 10.6. The van der Waals surface area contributed by atoms with Crippen LogP contribution in [0.2, 0.25) is 0 Å². The lowest BCUT2D eigenvalue weighted by Gasteiger charge is -2.20. The van der Waals surface area contributed by atoms with E-state index in [1.807, 2.05) is 0 Å². The van der Waals surface area contributed by atoms with Gasteiger partial charge in [-0.25, -0.2) is 4.52 Å². The van der Waals surface area contributed by atoms with Crippen molar-refractivity contribution in [2.24, 2.45) is 0 Å². The molecule has 5 rings (SSSR count). The summed E-state index contributed by atoms with van der Waals surface area (Å²) in [7, 11) is 0. The highest BCUT2D eigenvalue weighted by molar-refractivity contribution is 6.23. The minimum absolute atomic E-state index is 0.111. The SMILES string of the molecule is C[C@@H](C(=O)Nc1nc2ccc(-c3ccccc3OC(F)(F)F)cn2n1)N1C(=O)c2ccccc2C1=O. The summed E-state index contributed by atoms with van der Waals surface area (Å²) in [5.74, 6) is -2.34. The van der Waals surface area contributed by atoms with E-state index in [9.17, 15) is 27.6 Å². The van der Waals surface area contributed by atoms with Gasteiger partial charge < -0.3 is 4.74 Å². The van der Waals surface area contributed by atoms with Gasteiger partial charge in [0.1, 0.15) is 11.8 Å². The topological polar surface area (TPSA) is 106 Å². The molecule has 1 aliphatic rings. The van der Waals surface area contributed by atoms with Crippen molar-refractivity contribution in [2.75, 3.05) is 5.32 Å². The van der Waals surface area contributed by atoms with Gasteiger partial charge in [-0.15, -0.1) is 18.3 Å². The van der Waals surface area contributed by atoms with Crippen molar-refractivity contribution in [3.8, 4) is 16.9 Å². The standard InChI is InChI=1S/C24H16F3N5O4/c1-13(32-21(34)16-7-2-3-8-17(16)22(32)35)20(33)29-23-28-19-11-10-14(12-31(19)30-23)15-6-4-5-9-18(15)36-24(25,26)27/h2-13H,1H3,(H,29,30,33)/t13-/m0/s1. The van der Waals surface area contributed by atoms with Crippen molar-refractivity contribution >= 4 is 29.3 Å². The van der Waals surface area contributed by atoms with Crippen LogP contribution in [0.5, 0.6) is 5.75 Å². The van der Waals surface area contributed by atoms with Gasteiger partial charge in [-0.2, -0.15) is 4.98 Å². The number of alkyl halides is 3. The number of anilines is 1. The van der Waals surface area contributed by atoms with Gasteiger partial charge in [0, 0.05) is 17.3 Å². The van der Waals surface area contributed by atoms with Crippen LogP contribution in [-0.2, 0) is 4.79 Å². The van der Waals surface area contributed by atoms with Crippen LogP contribution in [0, 0.1) is 0 Å². The normalized spacial score (nSPS) is 14.2. The number of hydrogen-bond donors (Lipinski definition) is 1. The summed E-state index contributed by atoms with van der Waals surface area (Å²) in [5.41, 5.74) is 1.28. The maximum absolute atomic E-state index is 12.8. The summed E-state index contributed by atoms with van der Waals surface area (Å²) in [6, 6.07) is 13.8. The van der Waals surface area contributed by atoms with Crippen molar-refractivity contribution in [3.05, 3.63) is 78.0 Å². The summed E-state index contributed by atoms with van der Waals surface area (Å²) < 4.78 is 43.7. The predicted octanol–water partition coefficient (Wildman–Crippen LogP) is 3.92. The van der Waals surface area contributed by atoms with Gasteiger partial charge in [0.15, 0.2) is 5.65 Å². The van der Waals surface area contributed by atoms with Gasteiger partial charge in [-0.3, -0.25) is 24.6 Å². The number of imide groups is 1. The van der Waals surface area contributed by atoms with Crippen LogP contribution in [0.4, 0.5) is 19.1 Å². The Morgan fingerprint density at radius 1 is 0.944 bits per heavy atom. The van der Waals surface area contributed by atoms with Crippen molar-refractivity contribution < 1.29 is 32.3 Å². The zero-order valence-corrected chi connectivity index (χ0v) is 18.5. The molecule has 0 radical (unpaired) electrons. The molecular formula is C24H16F3N5O4. The molecule has 182 valence electrons. The van der Waals surface area contributed by atoms with E-state index in [-0.39, 0.29) is 28.4 Å². The van der Waals surface area contributed by atoms with Gasteiger partial charge >= 0.3 is 6.36 Å². The Hall–Kier alpha value is -4.74. The Kier molecular flexibility index (Phi) is 5.43. The molecule has 2 aromatic carbocycles. The summed E-state index contributed by atoms with van der Waals surface area (Å²) in [4.78, 5) is 43.1. The maximum atomic E-state index is 12.8. The lowest BCUT2D eigenvalue weighted by Crippen LogP contribution is -2.45. The molecule has 9 nitrogen and oxygen atoms in total. The Morgan fingerprint density at radius 3 is 2.19 bits per heavy atom. The number of aromatic nitrogens is 3. The van der Waals surface area contributed by atoms with Crippen LogP contribution in [0.25, 0.3) is 16.8 Å². The van der Waals surface area contributed by atoms with Crippen LogP contribution in [-0.4, -0.2) is 49.6 Å². The molecule has 1 N–H and O–H groups in total. The van der Waals surface area contributed by atoms with E-state index in [1.165, 1.54) is 60.1 Å². The van der Waals surface area contributed by atoms with Crippen molar-refractivity contribution in [3.63, 3.8) is 0 Å². The first-order valence-corrected chi connectivity index (χ1v) is 10.6. The first kappa shape index (κ1) is 23.0. The Balaban J connectivity index is 1.37. The molecular weight excluding hydrogens is 479 g/mol. The monoisotopic (exact) mass is 495 g/mol. The predicted molar refractivity (Wildman–Crippen MR) is 120 cm³/mol. The third-order valence-corrected chi connectivity index (χ3v) is 5.58. The number of pyridine rings is 1. The lowest BCUT2D eigenvalue weighted by molar-refractivity contribution is -0.274. The number of nitrogens with zero attached hydrogens (tertiary/aromatic N) is 4. The van der Waals surface area contributed by atoms with Gasteiger partial charge in [-0.05, 0) is 37.3 Å². The van der Waals surface area contributed by atoms with Crippen LogP contribution in [0.3, 0.4) is 0 Å². The van der Waals surface area contributed by atoms with E-state index in [2.05, 4.69) is 20.1 Å². The molecule has 0 fully saturated rings. The highest BCUT2D eigenvalue weighted by Gasteiger charge is 2.40. The number of halogens is 3. The quantitative estimate of drug-likeness (QED) is 0.421. The summed E-state index contributed by atoms with van der Waals surface area (Å²) in [5, 5.41) is 6.63. The minimum Gasteiger partial charge on any atom is -0.405 e. The number of nitrogens with one attached hydrogen (secondary N) is 1. The zero-order valence-electron chi connectivity index (χ0n) is 18.5. The third kappa shape index (κ3) is 4.13. The number of ether oxygens (including phenoxy) is 1. The Bertz CT molecular complexity index is 1500. The number of hydrogen-bond acceptors (Lipinski definition) is 6. The summed E-state index contributed by atoms with van der Waals surface area (Å²) >= 11 is 0. The minimum atomic E-state index is -4.86. The van der Waals surface area contributed by atoms with Gasteiger partial charge in [-0.1, -0.05) is 30.3 Å². The Labute approximate surface area is 201 Å².